The lowest BCUT2D eigenvalue weighted by Crippen LogP contribution is -2.81. The van der Waals surface area contributed by atoms with Crippen molar-refractivity contribution in [2.24, 2.45) is 0 Å². The summed E-state index contributed by atoms with van der Waals surface area (Å²) in [5.74, 6) is -71.4. The molecule has 1 aliphatic rings. The maximum absolute atomic E-state index is 15.4. The molecule has 0 heterocycles. The fraction of sp³-hybridized carbons (Fsp3) is 0.385. The highest BCUT2D eigenvalue weighted by atomic mass is 19.2. The first-order valence-electron chi connectivity index (χ1n) is 18.4. The molecule has 1 aliphatic carbocycles. The van der Waals surface area contributed by atoms with E-state index in [4.69, 9.17) is 0 Å². The van der Waals surface area contributed by atoms with Crippen LogP contribution in [-0.2, 0) is 0 Å². The standard InChI is InChI=1S/C24BF20.C15H32N/c26-5-1(6(27)14(35)21(42)13(5)34)25(2-7(28)15(36)22(43)16(37)8(2)29,3-9(30)17(38)23(44)18(39)10(3)31)4-11(32)19(40)24(45)20(41)12(4)33;1-6-12-16(13(2)3,14(4)5)15-10-8-7-9-11-15/h;13-15H,6-12H2,1-5H3/q-1;+1. The SMILES string of the molecule is CCC[N+](C(C)C)(C(C)C)C1CCCCC1.Fc1c(F)c(F)c([B-](c2c(F)c(F)c(F)c(F)c2F)(c2c(F)c(F)c(F)c(F)c2F)c2c(F)c(F)c(F)c(F)c2F)c(F)c1F. The Balaban J connectivity index is 0.000000430. The molecule has 4 aromatic carbocycles. The Labute approximate surface area is 334 Å². The normalized spacial score (nSPS) is 14.0. The number of rotatable bonds is 9. The minimum atomic E-state index is -7.22. The summed E-state index contributed by atoms with van der Waals surface area (Å²) < 4.78 is 295. The molecule has 0 spiro atoms. The van der Waals surface area contributed by atoms with E-state index >= 15 is 35.1 Å². The van der Waals surface area contributed by atoms with E-state index < -0.39 is 144 Å². The van der Waals surface area contributed by atoms with Gasteiger partial charge in [-0.2, -0.15) is 0 Å². The van der Waals surface area contributed by atoms with E-state index in [1.54, 1.807) is 0 Å². The maximum atomic E-state index is 15.4. The van der Waals surface area contributed by atoms with Gasteiger partial charge in [0.1, 0.15) is 52.7 Å². The van der Waals surface area contributed by atoms with Gasteiger partial charge in [0.25, 0.3) is 0 Å². The minimum absolute atomic E-state index is 0.781. The predicted octanol–water partition coefficient (Wildman–Crippen LogP) is 10.2. The van der Waals surface area contributed by atoms with Gasteiger partial charge < -0.3 is 4.48 Å². The molecule has 0 amide bonds. The van der Waals surface area contributed by atoms with Gasteiger partial charge in [0.15, 0.2) is 69.8 Å². The second-order valence-corrected chi connectivity index (χ2v) is 15.0. The predicted molar refractivity (Wildman–Crippen MR) is 182 cm³/mol. The number of benzene rings is 4. The molecular weight excluding hydrogens is 873 g/mol. The topological polar surface area (TPSA) is 0 Å². The van der Waals surface area contributed by atoms with Crippen LogP contribution in [-0.4, -0.2) is 35.3 Å². The van der Waals surface area contributed by atoms with Gasteiger partial charge in [0.2, 0.25) is 0 Å². The molecule has 0 radical (unpaired) electrons. The van der Waals surface area contributed by atoms with Crippen molar-refractivity contribution >= 4 is 28.0 Å². The fourth-order valence-electron chi connectivity index (χ4n) is 8.96. The van der Waals surface area contributed by atoms with Gasteiger partial charge in [-0.25, -0.2) is 87.8 Å². The highest BCUT2D eigenvalue weighted by Gasteiger charge is 2.52. The zero-order valence-corrected chi connectivity index (χ0v) is 32.3. The summed E-state index contributed by atoms with van der Waals surface area (Å²) in [5, 5.41) is 0. The van der Waals surface area contributed by atoms with Crippen molar-refractivity contribution in [2.45, 2.75) is 91.3 Å². The molecule has 0 aliphatic heterocycles. The Morgan fingerprint density at radius 1 is 0.361 bits per heavy atom. The van der Waals surface area contributed by atoms with E-state index in [1.165, 1.54) is 49.6 Å². The smallest absolute Gasteiger partial charge is 0.200 e. The molecule has 61 heavy (non-hydrogen) atoms. The largest absolute Gasteiger partial charge is 0.317 e. The van der Waals surface area contributed by atoms with Crippen LogP contribution in [0.25, 0.3) is 0 Å². The second-order valence-electron chi connectivity index (χ2n) is 15.0. The van der Waals surface area contributed by atoms with Crippen LogP contribution in [0.3, 0.4) is 0 Å². The summed E-state index contributed by atoms with van der Waals surface area (Å²) in [7, 11) is 0. The maximum Gasteiger partial charge on any atom is 0.200 e. The molecule has 0 saturated heterocycles. The van der Waals surface area contributed by atoms with E-state index in [1.807, 2.05) is 0 Å². The van der Waals surface area contributed by atoms with Gasteiger partial charge in [0.05, 0.1) is 24.7 Å². The summed E-state index contributed by atoms with van der Waals surface area (Å²) in [4.78, 5) is 0. The van der Waals surface area contributed by atoms with Gasteiger partial charge in [-0.1, -0.05) is 13.3 Å². The number of halogens is 20. The molecular formula is C39H32BF20N. The fourth-order valence-corrected chi connectivity index (χ4v) is 8.96. The zero-order chi connectivity index (χ0) is 46.5. The summed E-state index contributed by atoms with van der Waals surface area (Å²) in [5.41, 5.74) is -14.3. The van der Waals surface area contributed by atoms with Crippen LogP contribution >= 0.6 is 0 Å². The zero-order valence-electron chi connectivity index (χ0n) is 32.3. The Kier molecular flexibility index (Phi) is 14.6. The van der Waals surface area contributed by atoms with Crippen molar-refractivity contribution < 1.29 is 92.3 Å². The lowest BCUT2D eigenvalue weighted by Gasteiger charge is -2.52. The molecule has 1 fully saturated rings. The van der Waals surface area contributed by atoms with E-state index in [0.717, 1.165) is 18.1 Å². The monoisotopic (exact) mass is 905 g/mol. The first kappa shape index (κ1) is 49.2. The molecule has 4 aromatic rings. The summed E-state index contributed by atoms with van der Waals surface area (Å²) in [6.07, 6.45) is 1.45. The van der Waals surface area contributed by atoms with Crippen LogP contribution in [0.5, 0.6) is 0 Å². The van der Waals surface area contributed by atoms with Gasteiger partial charge in [-0.3, -0.25) is 0 Å². The molecule has 0 unspecified atom stereocenters. The van der Waals surface area contributed by atoms with E-state index in [2.05, 4.69) is 34.6 Å². The first-order chi connectivity index (χ1) is 28.3. The van der Waals surface area contributed by atoms with Gasteiger partial charge in [0, 0.05) is 0 Å². The summed E-state index contributed by atoms with van der Waals surface area (Å²) >= 11 is 0. The average Bonchev–Trinajstić information content (AvgIpc) is 3.22. The van der Waals surface area contributed by atoms with E-state index in [-0.39, 0.29) is 0 Å². The molecule has 0 aromatic heterocycles. The third-order valence-electron chi connectivity index (χ3n) is 11.5. The highest BCUT2D eigenvalue weighted by Crippen LogP contribution is 2.35. The van der Waals surface area contributed by atoms with Crippen molar-refractivity contribution in [1.29, 1.82) is 0 Å². The molecule has 336 valence electrons. The van der Waals surface area contributed by atoms with Crippen LogP contribution in [0, 0.1) is 116 Å². The van der Waals surface area contributed by atoms with Crippen molar-refractivity contribution in [3.63, 3.8) is 0 Å². The Bertz CT molecular complexity index is 1950. The van der Waals surface area contributed by atoms with Crippen LogP contribution in [0.15, 0.2) is 0 Å². The number of nitrogens with zero attached hydrogens (tertiary/aromatic N) is 1. The second kappa shape index (κ2) is 18.1. The van der Waals surface area contributed by atoms with Crippen molar-refractivity contribution in [2.75, 3.05) is 6.54 Å². The number of hydrogen-bond acceptors (Lipinski definition) is 0. The quantitative estimate of drug-likeness (QED) is 0.0516. The van der Waals surface area contributed by atoms with Crippen molar-refractivity contribution in [3.05, 3.63) is 116 Å². The van der Waals surface area contributed by atoms with E-state index in [0.29, 0.717) is 0 Å². The van der Waals surface area contributed by atoms with Gasteiger partial charge >= 0.3 is 0 Å². The number of hydrogen-bond donors (Lipinski definition) is 0. The van der Waals surface area contributed by atoms with Crippen molar-refractivity contribution in [1.82, 2.24) is 0 Å². The molecule has 0 N–H and O–H groups in total. The molecule has 22 heteroatoms. The average molecular weight is 905 g/mol. The molecule has 1 nitrogen and oxygen atoms in total. The molecule has 0 bridgehead atoms. The molecule has 0 atom stereocenters. The van der Waals surface area contributed by atoms with Crippen LogP contribution in [0.4, 0.5) is 87.8 Å². The Morgan fingerprint density at radius 2 is 0.557 bits per heavy atom. The lowest BCUT2D eigenvalue weighted by molar-refractivity contribution is -0.989. The van der Waals surface area contributed by atoms with Gasteiger partial charge in [-0.05, 0) is 59.8 Å². The first-order valence-corrected chi connectivity index (χ1v) is 18.4. The minimum Gasteiger partial charge on any atom is -0.317 e. The summed E-state index contributed by atoms with van der Waals surface area (Å²) in [6.45, 7) is 13.5. The van der Waals surface area contributed by atoms with Crippen LogP contribution < -0.4 is 21.9 Å². The number of quaternary nitrogens is 1. The highest BCUT2D eigenvalue weighted by molar-refractivity contribution is 7.20. The van der Waals surface area contributed by atoms with Crippen LogP contribution in [0.1, 0.15) is 73.1 Å². The lowest BCUT2D eigenvalue weighted by atomic mass is 9.12. The van der Waals surface area contributed by atoms with Crippen molar-refractivity contribution in [3.8, 4) is 0 Å². The Hall–Kier alpha value is -4.50. The molecule has 1 saturated carbocycles. The Morgan fingerprint density at radius 3 is 0.738 bits per heavy atom. The summed E-state index contributed by atoms with van der Waals surface area (Å²) in [6, 6.07) is 2.50. The van der Waals surface area contributed by atoms with Gasteiger partial charge in [-0.15, -0.1) is 21.9 Å². The molecule has 5 rings (SSSR count). The third kappa shape index (κ3) is 7.51. The van der Waals surface area contributed by atoms with E-state index in [9.17, 15) is 52.7 Å². The van der Waals surface area contributed by atoms with Crippen LogP contribution in [0.2, 0.25) is 0 Å². The third-order valence-corrected chi connectivity index (χ3v) is 11.5.